The van der Waals surface area contributed by atoms with Crippen molar-refractivity contribution in [2.24, 2.45) is 0 Å². The van der Waals surface area contributed by atoms with Gasteiger partial charge in [-0.05, 0) is 19.1 Å². The van der Waals surface area contributed by atoms with E-state index < -0.39 is 0 Å². The van der Waals surface area contributed by atoms with Crippen LogP contribution in [0.3, 0.4) is 0 Å². The maximum atomic E-state index is 4.77. The van der Waals surface area contributed by atoms with Crippen LogP contribution in [0.25, 0.3) is 10.2 Å². The lowest BCUT2D eigenvalue weighted by molar-refractivity contribution is -0.702. The number of aromatic nitrogens is 1. The minimum atomic E-state index is 0.286. The summed E-state index contributed by atoms with van der Waals surface area (Å²) in [6.45, 7) is 3.01. The quantitative estimate of drug-likeness (QED) is 0.569. The van der Waals surface area contributed by atoms with Gasteiger partial charge >= 0.3 is 0 Å². The molecule has 1 aromatic heterocycles. The van der Waals surface area contributed by atoms with Crippen LogP contribution >= 0.6 is 11.3 Å². The molecular formula is C22H21N2S+. The molecule has 0 amide bonds. The Bertz CT molecular complexity index is 925. The Labute approximate surface area is 152 Å². The van der Waals surface area contributed by atoms with Crippen LogP contribution in [0.4, 0.5) is 0 Å². The molecule has 2 nitrogen and oxygen atoms in total. The lowest BCUT2D eigenvalue weighted by atomic mass is 9.98. The van der Waals surface area contributed by atoms with Crippen molar-refractivity contribution >= 4 is 21.6 Å². The summed E-state index contributed by atoms with van der Waals surface area (Å²) in [5.41, 5.74) is 5.05. The van der Waals surface area contributed by atoms with E-state index in [9.17, 15) is 0 Å². The first kappa shape index (κ1) is 16.0. The maximum absolute atomic E-state index is 4.77. The van der Waals surface area contributed by atoms with Gasteiger partial charge in [-0.1, -0.05) is 72.3 Å². The minimum absolute atomic E-state index is 0.286. The Hall–Kier alpha value is -2.49. The van der Waals surface area contributed by atoms with Gasteiger partial charge in [-0.25, -0.2) is 4.98 Å². The van der Waals surface area contributed by atoms with E-state index >= 15 is 0 Å². The van der Waals surface area contributed by atoms with Gasteiger partial charge in [0.05, 0.1) is 10.2 Å². The number of para-hydroxylation sites is 1. The molecule has 3 heteroatoms. The first-order chi connectivity index (χ1) is 12.3. The molecule has 0 spiro atoms. The fraction of sp³-hybridized carbons (Fsp3) is 0.136. The Morgan fingerprint density at radius 3 is 2.28 bits per heavy atom. The Morgan fingerprint density at radius 2 is 1.52 bits per heavy atom. The molecule has 0 saturated heterocycles. The number of rotatable bonds is 5. The monoisotopic (exact) mass is 345 g/mol. The summed E-state index contributed by atoms with van der Waals surface area (Å²) in [7, 11) is 0. The number of quaternary nitrogens is 1. The summed E-state index contributed by atoms with van der Waals surface area (Å²) in [6, 6.07) is 28.2. The minimum Gasteiger partial charge on any atom is -0.331 e. The zero-order valence-electron chi connectivity index (χ0n) is 14.2. The van der Waals surface area contributed by atoms with Crippen molar-refractivity contribution in [3.63, 3.8) is 0 Å². The summed E-state index contributed by atoms with van der Waals surface area (Å²) in [6.07, 6.45) is 0. The van der Waals surface area contributed by atoms with Gasteiger partial charge in [-0.15, -0.1) is 11.3 Å². The van der Waals surface area contributed by atoms with E-state index in [2.05, 4.69) is 91.1 Å². The predicted molar refractivity (Wildman–Crippen MR) is 105 cm³/mol. The molecule has 0 aliphatic carbocycles. The second kappa shape index (κ2) is 7.18. The lowest BCUT2D eigenvalue weighted by Crippen LogP contribution is -2.83. The molecule has 124 valence electrons. The van der Waals surface area contributed by atoms with Crippen LogP contribution in [-0.2, 0) is 6.54 Å². The molecule has 0 radical (unpaired) electrons. The first-order valence-electron chi connectivity index (χ1n) is 8.59. The number of nitrogens with zero attached hydrogens (tertiary/aromatic N) is 1. The van der Waals surface area contributed by atoms with Crippen LogP contribution in [0.2, 0.25) is 0 Å². The maximum Gasteiger partial charge on any atom is 0.148 e. The highest BCUT2D eigenvalue weighted by atomic mass is 32.1. The van der Waals surface area contributed by atoms with E-state index in [4.69, 9.17) is 4.98 Å². The molecule has 0 saturated carbocycles. The van der Waals surface area contributed by atoms with E-state index in [1.165, 1.54) is 26.4 Å². The van der Waals surface area contributed by atoms with Crippen molar-refractivity contribution in [2.45, 2.75) is 19.5 Å². The fourth-order valence-electron chi connectivity index (χ4n) is 3.12. The van der Waals surface area contributed by atoms with Gasteiger partial charge in [0, 0.05) is 11.1 Å². The van der Waals surface area contributed by atoms with Crippen molar-refractivity contribution in [1.29, 1.82) is 0 Å². The number of hydrogen-bond acceptors (Lipinski definition) is 2. The smallest absolute Gasteiger partial charge is 0.148 e. The average Bonchev–Trinajstić information content (AvgIpc) is 3.07. The molecule has 1 heterocycles. The third kappa shape index (κ3) is 3.63. The molecule has 1 atom stereocenters. The van der Waals surface area contributed by atoms with E-state index in [1.54, 1.807) is 11.3 Å². The lowest BCUT2D eigenvalue weighted by Gasteiger charge is -2.16. The Morgan fingerprint density at radius 1 is 0.840 bits per heavy atom. The number of aryl methyl sites for hydroxylation is 1. The third-order valence-electron chi connectivity index (χ3n) is 4.46. The van der Waals surface area contributed by atoms with E-state index in [0.29, 0.717) is 0 Å². The van der Waals surface area contributed by atoms with Gasteiger partial charge in [-0.2, -0.15) is 0 Å². The van der Waals surface area contributed by atoms with Crippen LogP contribution in [-0.4, -0.2) is 4.98 Å². The second-order valence-corrected chi connectivity index (χ2v) is 7.43. The highest BCUT2D eigenvalue weighted by Crippen LogP contribution is 2.22. The SMILES string of the molecule is Cc1ccc([C@H]([NH2+]Cc2nc3ccccc3s2)c2ccccc2)cc1. The van der Waals surface area contributed by atoms with Gasteiger partial charge in [0.1, 0.15) is 17.6 Å². The normalized spacial score (nSPS) is 12.4. The molecule has 0 unspecified atom stereocenters. The van der Waals surface area contributed by atoms with E-state index in [-0.39, 0.29) is 6.04 Å². The van der Waals surface area contributed by atoms with Gasteiger partial charge in [0.2, 0.25) is 0 Å². The number of fused-ring (bicyclic) bond motifs is 1. The van der Waals surface area contributed by atoms with Crippen molar-refractivity contribution < 1.29 is 5.32 Å². The molecule has 0 bridgehead atoms. The van der Waals surface area contributed by atoms with Crippen molar-refractivity contribution in [1.82, 2.24) is 4.98 Å². The van der Waals surface area contributed by atoms with E-state index in [1.807, 2.05) is 0 Å². The summed E-state index contributed by atoms with van der Waals surface area (Å²) >= 11 is 1.79. The topological polar surface area (TPSA) is 29.5 Å². The third-order valence-corrected chi connectivity index (χ3v) is 5.52. The summed E-state index contributed by atoms with van der Waals surface area (Å²) < 4.78 is 1.26. The van der Waals surface area contributed by atoms with Gasteiger partial charge in [-0.3, -0.25) is 0 Å². The molecular weight excluding hydrogens is 324 g/mol. The number of benzene rings is 3. The van der Waals surface area contributed by atoms with Gasteiger partial charge in [0.25, 0.3) is 0 Å². The van der Waals surface area contributed by atoms with Crippen molar-refractivity contribution in [2.75, 3.05) is 0 Å². The van der Waals surface area contributed by atoms with Crippen LogP contribution in [0.1, 0.15) is 27.7 Å². The van der Waals surface area contributed by atoms with Crippen LogP contribution in [0, 0.1) is 6.92 Å². The molecule has 0 aliphatic rings. The molecule has 3 aromatic carbocycles. The van der Waals surface area contributed by atoms with Crippen molar-refractivity contribution in [3.05, 3.63) is 101 Å². The number of nitrogens with two attached hydrogens (primary N) is 1. The van der Waals surface area contributed by atoms with Crippen LogP contribution in [0.5, 0.6) is 0 Å². The molecule has 2 N–H and O–H groups in total. The summed E-state index contributed by atoms with van der Waals surface area (Å²) in [5.74, 6) is 0. The zero-order chi connectivity index (χ0) is 17.1. The fourth-order valence-corrected chi connectivity index (χ4v) is 4.07. The van der Waals surface area contributed by atoms with Gasteiger partial charge < -0.3 is 5.32 Å². The molecule has 0 aliphatic heterocycles. The standard InChI is InChI=1S/C22H20N2S/c1-16-11-13-18(14-12-16)22(17-7-3-2-4-8-17)23-15-21-24-19-9-5-6-10-20(19)25-21/h2-14,22-23H,15H2,1H3/p+1/t22-/m1/s1. The van der Waals surface area contributed by atoms with Crippen LogP contribution in [0.15, 0.2) is 78.9 Å². The van der Waals surface area contributed by atoms with Gasteiger partial charge in [0.15, 0.2) is 0 Å². The molecule has 25 heavy (non-hydrogen) atoms. The largest absolute Gasteiger partial charge is 0.331 e. The van der Waals surface area contributed by atoms with Crippen LogP contribution < -0.4 is 5.32 Å². The number of hydrogen-bond donors (Lipinski definition) is 1. The van der Waals surface area contributed by atoms with Crippen molar-refractivity contribution in [3.8, 4) is 0 Å². The predicted octanol–water partition coefficient (Wildman–Crippen LogP) is 4.46. The summed E-state index contributed by atoms with van der Waals surface area (Å²) in [5, 5.41) is 3.56. The highest BCUT2D eigenvalue weighted by Gasteiger charge is 2.18. The Balaban J connectivity index is 1.60. The highest BCUT2D eigenvalue weighted by molar-refractivity contribution is 7.18. The second-order valence-electron chi connectivity index (χ2n) is 6.31. The zero-order valence-corrected chi connectivity index (χ0v) is 15.0. The molecule has 4 rings (SSSR count). The van der Waals surface area contributed by atoms with E-state index in [0.717, 1.165) is 12.1 Å². The summed E-state index contributed by atoms with van der Waals surface area (Å²) in [4.78, 5) is 4.77. The Kier molecular flexibility index (Phi) is 4.59. The molecule has 4 aromatic rings. The first-order valence-corrected chi connectivity index (χ1v) is 9.40. The molecule has 0 fully saturated rings. The average molecular weight is 345 g/mol. The number of thiazole rings is 1.